The van der Waals surface area contributed by atoms with E-state index in [-0.39, 0.29) is 11.9 Å². The summed E-state index contributed by atoms with van der Waals surface area (Å²) in [6.07, 6.45) is 2.02. The van der Waals surface area contributed by atoms with Crippen LogP contribution in [0.3, 0.4) is 0 Å². The van der Waals surface area contributed by atoms with Crippen molar-refractivity contribution in [3.05, 3.63) is 60.2 Å². The second kappa shape index (κ2) is 6.23. The maximum Gasteiger partial charge on any atom is 0.271 e. The first kappa shape index (κ1) is 14.7. The molecule has 0 fully saturated rings. The summed E-state index contributed by atoms with van der Waals surface area (Å²) in [7, 11) is 0. The smallest absolute Gasteiger partial charge is 0.271 e. The number of nitrogens with zero attached hydrogens (tertiary/aromatic N) is 2. The van der Waals surface area contributed by atoms with Crippen molar-refractivity contribution in [3.8, 4) is 0 Å². The highest BCUT2D eigenvalue weighted by Crippen LogP contribution is 2.26. The highest BCUT2D eigenvalue weighted by atomic mass is 32.2. The SMILES string of the molecule is CSc1ccccc1C1=N[C@@H](C)C(=O)N1Nc1ccccc1. The third kappa shape index (κ3) is 2.72. The molecular weight excluding hydrogens is 294 g/mol. The number of amides is 1. The zero-order valence-electron chi connectivity index (χ0n) is 12.5. The molecular formula is C17H17N3OS. The van der Waals surface area contributed by atoms with Gasteiger partial charge in [0, 0.05) is 10.5 Å². The summed E-state index contributed by atoms with van der Waals surface area (Å²) in [5.41, 5.74) is 4.99. The van der Waals surface area contributed by atoms with Crippen molar-refractivity contribution in [2.75, 3.05) is 11.7 Å². The van der Waals surface area contributed by atoms with E-state index in [4.69, 9.17) is 0 Å². The standard InChI is InChI=1S/C17H17N3OS/c1-12-17(21)20(19-13-8-4-3-5-9-13)16(18-12)14-10-6-7-11-15(14)22-2/h3-12,19H,1-2H3/t12-/m0/s1. The third-order valence-electron chi connectivity index (χ3n) is 3.47. The molecule has 112 valence electrons. The Bertz CT molecular complexity index is 715. The van der Waals surface area contributed by atoms with Crippen molar-refractivity contribution >= 4 is 29.2 Å². The van der Waals surface area contributed by atoms with Crippen molar-refractivity contribution in [3.63, 3.8) is 0 Å². The summed E-state index contributed by atoms with van der Waals surface area (Å²) < 4.78 is 0. The summed E-state index contributed by atoms with van der Waals surface area (Å²) in [4.78, 5) is 18.1. The van der Waals surface area contributed by atoms with Crippen molar-refractivity contribution in [1.82, 2.24) is 5.01 Å². The molecule has 1 atom stereocenters. The molecule has 0 spiro atoms. The first-order chi connectivity index (χ1) is 10.7. The van der Waals surface area contributed by atoms with Crippen LogP contribution in [-0.4, -0.2) is 29.0 Å². The summed E-state index contributed by atoms with van der Waals surface area (Å²) in [6.45, 7) is 1.82. The van der Waals surface area contributed by atoms with Gasteiger partial charge in [0.2, 0.25) is 0 Å². The number of thioether (sulfide) groups is 1. The number of hydrazine groups is 1. The van der Waals surface area contributed by atoms with Gasteiger partial charge in [-0.25, -0.2) is 5.01 Å². The van der Waals surface area contributed by atoms with Crippen LogP contribution in [0.5, 0.6) is 0 Å². The Morgan fingerprint density at radius 1 is 1.09 bits per heavy atom. The van der Waals surface area contributed by atoms with Gasteiger partial charge < -0.3 is 0 Å². The van der Waals surface area contributed by atoms with E-state index in [1.165, 1.54) is 0 Å². The second-order valence-electron chi connectivity index (χ2n) is 4.98. The van der Waals surface area contributed by atoms with Gasteiger partial charge in [-0.05, 0) is 31.4 Å². The number of nitrogens with one attached hydrogen (secondary N) is 1. The number of para-hydroxylation sites is 1. The summed E-state index contributed by atoms with van der Waals surface area (Å²) in [5.74, 6) is 0.626. The lowest BCUT2D eigenvalue weighted by atomic mass is 10.2. The fourth-order valence-corrected chi connectivity index (χ4v) is 2.95. The van der Waals surface area contributed by atoms with Crippen LogP contribution in [0, 0.1) is 0 Å². The molecule has 0 aromatic heterocycles. The highest BCUT2D eigenvalue weighted by molar-refractivity contribution is 7.98. The van der Waals surface area contributed by atoms with E-state index in [1.807, 2.05) is 67.8 Å². The van der Waals surface area contributed by atoms with Crippen molar-refractivity contribution in [2.45, 2.75) is 17.9 Å². The van der Waals surface area contributed by atoms with E-state index < -0.39 is 0 Å². The number of aliphatic imine (C=N–C) groups is 1. The molecule has 5 heteroatoms. The molecule has 4 nitrogen and oxygen atoms in total. The van der Waals surface area contributed by atoms with Gasteiger partial charge in [-0.2, -0.15) is 0 Å². The molecule has 2 aromatic carbocycles. The van der Waals surface area contributed by atoms with E-state index in [0.717, 1.165) is 16.1 Å². The van der Waals surface area contributed by atoms with E-state index in [0.29, 0.717) is 5.84 Å². The fraction of sp³-hybridized carbons (Fsp3) is 0.176. The molecule has 1 aliphatic rings. The van der Waals surface area contributed by atoms with Crippen LogP contribution >= 0.6 is 11.8 Å². The summed E-state index contributed by atoms with van der Waals surface area (Å²) >= 11 is 1.65. The minimum atomic E-state index is -0.374. The molecule has 1 amide bonds. The quantitative estimate of drug-likeness (QED) is 0.880. The van der Waals surface area contributed by atoms with Crippen molar-refractivity contribution < 1.29 is 4.79 Å². The first-order valence-corrected chi connectivity index (χ1v) is 8.30. The predicted octanol–water partition coefficient (Wildman–Crippen LogP) is 3.41. The Kier molecular flexibility index (Phi) is 4.15. The van der Waals surface area contributed by atoms with Gasteiger partial charge in [-0.1, -0.05) is 36.4 Å². The molecule has 0 aliphatic carbocycles. The number of anilines is 1. The lowest BCUT2D eigenvalue weighted by molar-refractivity contribution is -0.126. The monoisotopic (exact) mass is 311 g/mol. The topological polar surface area (TPSA) is 44.7 Å². The molecule has 3 rings (SSSR count). The predicted molar refractivity (Wildman–Crippen MR) is 91.1 cm³/mol. The van der Waals surface area contributed by atoms with Crippen LogP contribution in [0.2, 0.25) is 0 Å². The molecule has 1 aliphatic heterocycles. The van der Waals surface area contributed by atoms with Crippen LogP contribution < -0.4 is 5.43 Å². The minimum Gasteiger partial charge on any atom is -0.290 e. The Labute approximate surface area is 134 Å². The molecule has 1 N–H and O–H groups in total. The molecule has 0 saturated carbocycles. The maximum atomic E-state index is 12.4. The van der Waals surface area contributed by atoms with Crippen LogP contribution in [-0.2, 0) is 4.79 Å². The van der Waals surface area contributed by atoms with Gasteiger partial charge >= 0.3 is 0 Å². The number of carbonyl (C=O) groups is 1. The molecule has 0 bridgehead atoms. The Morgan fingerprint density at radius 3 is 2.50 bits per heavy atom. The summed E-state index contributed by atoms with van der Waals surface area (Å²) in [6, 6.07) is 17.3. The minimum absolute atomic E-state index is 0.0465. The molecule has 0 radical (unpaired) electrons. The van der Waals surface area contributed by atoms with Gasteiger partial charge in [-0.15, -0.1) is 11.8 Å². The van der Waals surface area contributed by atoms with Gasteiger partial charge in [0.15, 0.2) is 5.84 Å². The van der Waals surface area contributed by atoms with E-state index in [9.17, 15) is 4.79 Å². The summed E-state index contributed by atoms with van der Waals surface area (Å²) in [5, 5.41) is 1.55. The van der Waals surface area contributed by atoms with Gasteiger partial charge in [-0.3, -0.25) is 15.2 Å². The molecule has 22 heavy (non-hydrogen) atoms. The highest BCUT2D eigenvalue weighted by Gasteiger charge is 2.33. The van der Waals surface area contributed by atoms with Gasteiger partial charge in [0.05, 0.1) is 5.69 Å². The first-order valence-electron chi connectivity index (χ1n) is 7.07. The van der Waals surface area contributed by atoms with Gasteiger partial charge in [0.1, 0.15) is 6.04 Å². The lowest BCUT2D eigenvalue weighted by Crippen LogP contribution is -2.39. The third-order valence-corrected chi connectivity index (χ3v) is 4.26. The molecule has 1 heterocycles. The van der Waals surface area contributed by atoms with Crippen molar-refractivity contribution in [1.29, 1.82) is 0 Å². The number of rotatable bonds is 4. The Balaban J connectivity index is 1.97. The van der Waals surface area contributed by atoms with E-state index in [1.54, 1.807) is 16.8 Å². The normalized spacial score (nSPS) is 17.5. The van der Waals surface area contributed by atoms with Crippen LogP contribution in [0.25, 0.3) is 0 Å². The number of amidine groups is 1. The fourth-order valence-electron chi connectivity index (χ4n) is 2.36. The van der Waals surface area contributed by atoms with Crippen LogP contribution in [0.15, 0.2) is 64.5 Å². The second-order valence-corrected chi connectivity index (χ2v) is 5.83. The van der Waals surface area contributed by atoms with E-state index in [2.05, 4.69) is 10.4 Å². The van der Waals surface area contributed by atoms with Crippen LogP contribution in [0.1, 0.15) is 12.5 Å². The van der Waals surface area contributed by atoms with Crippen LogP contribution in [0.4, 0.5) is 5.69 Å². The zero-order chi connectivity index (χ0) is 15.5. The average Bonchev–Trinajstić information content (AvgIpc) is 2.84. The Hall–Kier alpha value is -2.27. The molecule has 2 aromatic rings. The largest absolute Gasteiger partial charge is 0.290 e. The number of hydrogen-bond donors (Lipinski definition) is 1. The maximum absolute atomic E-state index is 12.4. The molecule has 0 unspecified atom stereocenters. The van der Waals surface area contributed by atoms with Crippen molar-refractivity contribution in [2.24, 2.45) is 4.99 Å². The zero-order valence-corrected chi connectivity index (χ0v) is 13.3. The number of hydrogen-bond acceptors (Lipinski definition) is 4. The van der Waals surface area contributed by atoms with Gasteiger partial charge in [0.25, 0.3) is 5.91 Å². The number of benzene rings is 2. The average molecular weight is 311 g/mol. The number of carbonyl (C=O) groups excluding carboxylic acids is 1. The Morgan fingerprint density at radius 2 is 1.77 bits per heavy atom. The van der Waals surface area contributed by atoms with E-state index >= 15 is 0 Å². The molecule has 0 saturated heterocycles. The lowest BCUT2D eigenvalue weighted by Gasteiger charge is -2.22.